The summed E-state index contributed by atoms with van der Waals surface area (Å²) in [6, 6.07) is 14.5. The molecule has 2 atom stereocenters. The van der Waals surface area contributed by atoms with E-state index in [2.05, 4.69) is 24.4 Å². The molecular weight excluding hydrogens is 333 g/mol. The van der Waals surface area contributed by atoms with Crippen LogP contribution in [0.25, 0.3) is 0 Å². The van der Waals surface area contributed by atoms with Gasteiger partial charge in [-0.05, 0) is 36.6 Å². The van der Waals surface area contributed by atoms with Gasteiger partial charge in [-0.25, -0.2) is 4.39 Å². The van der Waals surface area contributed by atoms with Crippen molar-refractivity contribution in [1.82, 2.24) is 5.32 Å². The molecule has 122 valence electrons. The van der Waals surface area contributed by atoms with Crippen molar-refractivity contribution in [2.24, 2.45) is 0 Å². The lowest BCUT2D eigenvalue weighted by Gasteiger charge is -2.16. The zero-order valence-corrected chi connectivity index (χ0v) is 14.6. The molecule has 2 aromatic rings. The van der Waals surface area contributed by atoms with Gasteiger partial charge in [0, 0.05) is 11.4 Å². The molecule has 0 radical (unpaired) electrons. The molecule has 0 aliphatic carbocycles. The molecule has 2 aromatic carbocycles. The Labute approximate surface area is 145 Å². The van der Waals surface area contributed by atoms with Gasteiger partial charge in [0.25, 0.3) is 0 Å². The zero-order chi connectivity index (χ0) is 16.8. The second kappa shape index (κ2) is 8.37. The van der Waals surface area contributed by atoms with Gasteiger partial charge >= 0.3 is 0 Å². The Bertz CT molecular complexity index is 665. The SMILES string of the molecule is CC(Sc1ccc(F)c(Cl)c1)C(=O)NCC(C)c1ccccc1. The van der Waals surface area contributed by atoms with Crippen molar-refractivity contribution in [2.45, 2.75) is 29.9 Å². The Morgan fingerprint density at radius 1 is 1.22 bits per heavy atom. The van der Waals surface area contributed by atoms with Crippen LogP contribution in [-0.4, -0.2) is 17.7 Å². The molecule has 0 spiro atoms. The molecule has 0 aliphatic heterocycles. The first kappa shape index (κ1) is 17.8. The van der Waals surface area contributed by atoms with Gasteiger partial charge in [0.05, 0.1) is 10.3 Å². The molecule has 2 unspecified atom stereocenters. The summed E-state index contributed by atoms with van der Waals surface area (Å²) in [5.41, 5.74) is 1.19. The fourth-order valence-electron chi connectivity index (χ4n) is 2.10. The summed E-state index contributed by atoms with van der Waals surface area (Å²) in [4.78, 5) is 13.0. The van der Waals surface area contributed by atoms with E-state index in [4.69, 9.17) is 11.6 Å². The van der Waals surface area contributed by atoms with Gasteiger partial charge < -0.3 is 5.32 Å². The van der Waals surface area contributed by atoms with Crippen LogP contribution < -0.4 is 5.32 Å². The lowest BCUT2D eigenvalue weighted by atomic mass is 10.0. The Balaban J connectivity index is 1.86. The van der Waals surface area contributed by atoms with E-state index in [1.165, 1.54) is 29.5 Å². The number of thioether (sulfide) groups is 1. The molecule has 23 heavy (non-hydrogen) atoms. The Morgan fingerprint density at radius 3 is 2.57 bits per heavy atom. The van der Waals surface area contributed by atoms with E-state index >= 15 is 0 Å². The predicted octanol–water partition coefficient (Wildman–Crippen LogP) is 4.88. The van der Waals surface area contributed by atoms with Crippen LogP contribution in [0.3, 0.4) is 0 Å². The monoisotopic (exact) mass is 351 g/mol. The Hall–Kier alpha value is -1.52. The first-order valence-corrected chi connectivity index (χ1v) is 8.67. The topological polar surface area (TPSA) is 29.1 Å². The normalized spacial score (nSPS) is 13.4. The minimum Gasteiger partial charge on any atom is -0.355 e. The van der Waals surface area contributed by atoms with Gasteiger partial charge in [0.2, 0.25) is 5.91 Å². The number of amides is 1. The average Bonchev–Trinajstić information content (AvgIpc) is 2.56. The molecule has 1 N–H and O–H groups in total. The molecule has 0 fully saturated rings. The maximum atomic E-state index is 13.1. The molecule has 0 bridgehead atoms. The minimum atomic E-state index is -0.454. The molecular formula is C18H19ClFNOS. The highest BCUT2D eigenvalue weighted by atomic mass is 35.5. The van der Waals surface area contributed by atoms with E-state index < -0.39 is 5.82 Å². The Kier molecular flexibility index (Phi) is 6.48. The zero-order valence-electron chi connectivity index (χ0n) is 13.1. The van der Waals surface area contributed by atoms with Crippen LogP contribution in [-0.2, 0) is 4.79 Å². The van der Waals surface area contributed by atoms with Crippen molar-refractivity contribution in [2.75, 3.05) is 6.54 Å². The van der Waals surface area contributed by atoms with Crippen molar-refractivity contribution in [3.05, 3.63) is 64.9 Å². The van der Waals surface area contributed by atoms with Crippen LogP contribution in [0.15, 0.2) is 53.4 Å². The summed E-state index contributed by atoms with van der Waals surface area (Å²) in [5.74, 6) is -0.249. The summed E-state index contributed by atoms with van der Waals surface area (Å²) < 4.78 is 13.1. The second-order valence-corrected chi connectivity index (χ2v) is 7.21. The highest BCUT2D eigenvalue weighted by Gasteiger charge is 2.16. The van der Waals surface area contributed by atoms with Gasteiger partial charge in [-0.1, -0.05) is 48.9 Å². The van der Waals surface area contributed by atoms with E-state index in [0.717, 1.165) is 4.90 Å². The molecule has 0 aromatic heterocycles. The third-order valence-corrected chi connectivity index (χ3v) is 4.91. The largest absolute Gasteiger partial charge is 0.355 e. The molecule has 5 heteroatoms. The smallest absolute Gasteiger partial charge is 0.233 e. The number of hydrogen-bond acceptors (Lipinski definition) is 2. The first-order valence-electron chi connectivity index (χ1n) is 7.41. The van der Waals surface area contributed by atoms with E-state index in [9.17, 15) is 9.18 Å². The molecule has 0 saturated heterocycles. The third kappa shape index (κ3) is 5.26. The minimum absolute atomic E-state index is 0.0433. The summed E-state index contributed by atoms with van der Waals surface area (Å²) in [6.07, 6.45) is 0. The quantitative estimate of drug-likeness (QED) is 0.751. The lowest BCUT2D eigenvalue weighted by molar-refractivity contribution is -0.120. The first-order chi connectivity index (χ1) is 11.0. The van der Waals surface area contributed by atoms with Crippen molar-refractivity contribution in [3.63, 3.8) is 0 Å². The van der Waals surface area contributed by atoms with Crippen molar-refractivity contribution in [1.29, 1.82) is 0 Å². The average molecular weight is 352 g/mol. The standard InChI is InChI=1S/C18H19ClFNOS/c1-12(14-6-4-3-5-7-14)11-21-18(22)13(2)23-15-8-9-17(20)16(19)10-15/h3-10,12-13H,11H2,1-2H3,(H,21,22). The molecule has 1 amide bonds. The summed E-state index contributed by atoms with van der Waals surface area (Å²) in [5, 5.41) is 2.75. The molecule has 0 saturated carbocycles. The molecule has 2 rings (SSSR count). The number of nitrogens with one attached hydrogen (secondary N) is 1. The summed E-state index contributed by atoms with van der Waals surface area (Å²) in [6.45, 7) is 4.48. The van der Waals surface area contributed by atoms with Crippen LogP contribution in [0.5, 0.6) is 0 Å². The van der Waals surface area contributed by atoms with Crippen molar-refractivity contribution in [3.8, 4) is 0 Å². The number of carbonyl (C=O) groups excluding carboxylic acids is 1. The number of hydrogen-bond donors (Lipinski definition) is 1. The van der Waals surface area contributed by atoms with Crippen LogP contribution >= 0.6 is 23.4 Å². The van der Waals surface area contributed by atoms with E-state index in [1.54, 1.807) is 6.07 Å². The third-order valence-electron chi connectivity index (χ3n) is 3.52. The maximum Gasteiger partial charge on any atom is 0.233 e. The van der Waals surface area contributed by atoms with Crippen molar-refractivity contribution >= 4 is 29.3 Å². The van der Waals surface area contributed by atoms with E-state index in [-0.39, 0.29) is 22.1 Å². The Morgan fingerprint density at radius 2 is 1.91 bits per heavy atom. The van der Waals surface area contributed by atoms with Gasteiger partial charge in [-0.3, -0.25) is 4.79 Å². The fourth-order valence-corrected chi connectivity index (χ4v) is 3.28. The fraction of sp³-hybridized carbons (Fsp3) is 0.278. The van der Waals surface area contributed by atoms with Gasteiger partial charge in [0.15, 0.2) is 0 Å². The van der Waals surface area contributed by atoms with E-state index in [0.29, 0.717) is 6.54 Å². The van der Waals surface area contributed by atoms with Crippen LogP contribution in [0.4, 0.5) is 4.39 Å². The molecule has 0 heterocycles. The van der Waals surface area contributed by atoms with E-state index in [1.807, 2.05) is 25.1 Å². The summed E-state index contributed by atoms with van der Waals surface area (Å²) >= 11 is 7.12. The highest BCUT2D eigenvalue weighted by molar-refractivity contribution is 8.00. The number of benzene rings is 2. The molecule has 2 nitrogen and oxygen atoms in total. The van der Waals surface area contributed by atoms with Crippen LogP contribution in [0.2, 0.25) is 5.02 Å². The lowest BCUT2D eigenvalue weighted by Crippen LogP contribution is -2.33. The maximum absolute atomic E-state index is 13.1. The number of rotatable bonds is 6. The highest BCUT2D eigenvalue weighted by Crippen LogP contribution is 2.27. The molecule has 0 aliphatic rings. The summed E-state index contributed by atoms with van der Waals surface area (Å²) in [7, 11) is 0. The van der Waals surface area contributed by atoms with Crippen LogP contribution in [0.1, 0.15) is 25.3 Å². The van der Waals surface area contributed by atoms with Gasteiger partial charge in [-0.2, -0.15) is 0 Å². The van der Waals surface area contributed by atoms with Gasteiger partial charge in [0.1, 0.15) is 5.82 Å². The second-order valence-electron chi connectivity index (χ2n) is 5.39. The van der Waals surface area contributed by atoms with Crippen molar-refractivity contribution < 1.29 is 9.18 Å². The number of carbonyl (C=O) groups is 1. The predicted molar refractivity (Wildman–Crippen MR) is 94.6 cm³/mol. The number of halogens is 2. The van der Waals surface area contributed by atoms with Gasteiger partial charge in [-0.15, -0.1) is 11.8 Å². The van der Waals surface area contributed by atoms with Crippen LogP contribution in [0, 0.1) is 5.82 Å².